The minimum atomic E-state index is -0.865. The zero-order valence-corrected chi connectivity index (χ0v) is 15.9. The van der Waals surface area contributed by atoms with Crippen LogP contribution in [0.5, 0.6) is 0 Å². The maximum atomic E-state index is 13.4. The molecule has 2 N–H and O–H groups in total. The number of nitrogens with zero attached hydrogens (tertiary/aromatic N) is 1. The summed E-state index contributed by atoms with van der Waals surface area (Å²) >= 11 is 0. The molecule has 2 amide bonds. The second-order valence-electron chi connectivity index (χ2n) is 6.97. The Morgan fingerprint density at radius 2 is 1.86 bits per heavy atom. The number of carbonyl (C=O) groups is 2. The lowest BCUT2D eigenvalue weighted by Gasteiger charge is -2.19. The van der Waals surface area contributed by atoms with E-state index in [-0.39, 0.29) is 24.3 Å². The van der Waals surface area contributed by atoms with Crippen molar-refractivity contribution in [3.63, 3.8) is 0 Å². The first kappa shape index (κ1) is 20.5. The second kappa shape index (κ2) is 9.82. The Bertz CT molecular complexity index is 887. The number of amides is 2. The van der Waals surface area contributed by atoms with E-state index in [4.69, 9.17) is 0 Å². The van der Waals surface area contributed by atoms with E-state index in [0.717, 1.165) is 18.1 Å². The number of hydrogen-bond acceptors (Lipinski definition) is 3. The smallest absolute Gasteiger partial charge is 0.244 e. The van der Waals surface area contributed by atoms with Crippen molar-refractivity contribution >= 4 is 23.6 Å². The Hall–Kier alpha value is -3.22. The molecular formula is C22H23F2N3O2. The fourth-order valence-corrected chi connectivity index (χ4v) is 3.20. The summed E-state index contributed by atoms with van der Waals surface area (Å²) in [5, 5.41) is 5.36. The van der Waals surface area contributed by atoms with Crippen molar-refractivity contribution in [2.24, 2.45) is 5.92 Å². The van der Waals surface area contributed by atoms with Crippen LogP contribution in [0.15, 0.2) is 54.6 Å². The average Bonchev–Trinajstić information content (AvgIpc) is 3.21. The molecule has 1 aliphatic heterocycles. The van der Waals surface area contributed by atoms with Crippen LogP contribution in [0.1, 0.15) is 12.0 Å². The summed E-state index contributed by atoms with van der Waals surface area (Å²) in [5.74, 6) is -2.12. The van der Waals surface area contributed by atoms with Crippen LogP contribution in [0.3, 0.4) is 0 Å². The van der Waals surface area contributed by atoms with E-state index < -0.39 is 11.6 Å². The van der Waals surface area contributed by atoms with Crippen LogP contribution in [0, 0.1) is 17.6 Å². The summed E-state index contributed by atoms with van der Waals surface area (Å²) in [7, 11) is 0. The Labute approximate surface area is 168 Å². The van der Waals surface area contributed by atoms with E-state index in [1.807, 2.05) is 35.2 Å². The quantitative estimate of drug-likeness (QED) is 0.704. The van der Waals surface area contributed by atoms with Gasteiger partial charge in [0.25, 0.3) is 0 Å². The molecule has 0 bridgehead atoms. The van der Waals surface area contributed by atoms with Gasteiger partial charge in [-0.15, -0.1) is 0 Å². The van der Waals surface area contributed by atoms with E-state index in [1.165, 1.54) is 12.1 Å². The molecule has 1 unspecified atom stereocenters. The van der Waals surface area contributed by atoms with Crippen LogP contribution in [0.2, 0.25) is 0 Å². The molecule has 0 saturated carbocycles. The molecule has 1 fully saturated rings. The first-order valence-electron chi connectivity index (χ1n) is 9.49. The lowest BCUT2D eigenvalue weighted by atomic mass is 10.1. The van der Waals surface area contributed by atoms with Gasteiger partial charge in [0, 0.05) is 37.5 Å². The van der Waals surface area contributed by atoms with Crippen molar-refractivity contribution in [3.05, 3.63) is 71.8 Å². The molecule has 1 heterocycles. The Morgan fingerprint density at radius 3 is 2.62 bits per heavy atom. The van der Waals surface area contributed by atoms with E-state index in [9.17, 15) is 18.4 Å². The third kappa shape index (κ3) is 6.14. The van der Waals surface area contributed by atoms with E-state index in [1.54, 1.807) is 12.1 Å². The number of halogens is 2. The molecule has 7 heteroatoms. The summed E-state index contributed by atoms with van der Waals surface area (Å²) in [6.45, 7) is 1.73. The predicted octanol–water partition coefficient (Wildman–Crippen LogP) is 2.74. The first-order chi connectivity index (χ1) is 14.0. The number of hydrogen-bond donors (Lipinski definition) is 2. The fourth-order valence-electron chi connectivity index (χ4n) is 3.20. The maximum Gasteiger partial charge on any atom is 0.244 e. The van der Waals surface area contributed by atoms with Crippen LogP contribution < -0.4 is 15.5 Å². The SMILES string of the molecule is O=C(/C=C/c1ccccc1)NCC(=O)NCC1CCN(c2ccc(F)c(F)c2)C1. The van der Waals surface area contributed by atoms with Gasteiger partial charge in [0.2, 0.25) is 11.8 Å². The standard InChI is InChI=1S/C22H23F2N3O2/c23-19-8-7-18(12-20(19)24)27-11-10-17(15-27)13-25-22(29)14-26-21(28)9-6-16-4-2-1-3-5-16/h1-9,12,17H,10-11,13-15H2,(H,25,29)(H,26,28)/b9-6+. The Kier molecular flexibility index (Phi) is 6.94. The van der Waals surface area contributed by atoms with E-state index >= 15 is 0 Å². The van der Waals surface area contributed by atoms with Crippen LogP contribution in [0.4, 0.5) is 14.5 Å². The van der Waals surface area contributed by atoms with Gasteiger partial charge in [-0.05, 0) is 36.1 Å². The Morgan fingerprint density at radius 1 is 1.07 bits per heavy atom. The number of benzene rings is 2. The Balaban J connectivity index is 1.37. The molecule has 2 aromatic rings. The first-order valence-corrected chi connectivity index (χ1v) is 9.49. The predicted molar refractivity (Wildman–Crippen MR) is 108 cm³/mol. The molecule has 0 radical (unpaired) electrons. The summed E-state index contributed by atoms with van der Waals surface area (Å²) in [4.78, 5) is 25.7. The van der Waals surface area contributed by atoms with Gasteiger partial charge in [0.05, 0.1) is 6.54 Å². The lowest BCUT2D eigenvalue weighted by Crippen LogP contribution is -2.38. The summed E-state index contributed by atoms with van der Waals surface area (Å²) in [6, 6.07) is 13.3. The zero-order valence-electron chi connectivity index (χ0n) is 15.9. The molecule has 2 aromatic carbocycles. The highest BCUT2D eigenvalue weighted by Crippen LogP contribution is 2.24. The number of anilines is 1. The minimum absolute atomic E-state index is 0.0996. The number of nitrogens with one attached hydrogen (secondary N) is 2. The summed E-state index contributed by atoms with van der Waals surface area (Å²) in [6.07, 6.45) is 3.91. The third-order valence-electron chi connectivity index (χ3n) is 4.79. The molecule has 0 aliphatic carbocycles. The molecule has 0 spiro atoms. The van der Waals surface area contributed by atoms with Crippen LogP contribution in [0.25, 0.3) is 6.08 Å². The summed E-state index contributed by atoms with van der Waals surface area (Å²) < 4.78 is 26.4. The lowest BCUT2D eigenvalue weighted by molar-refractivity contribution is -0.124. The molecule has 1 aliphatic rings. The fraction of sp³-hybridized carbons (Fsp3) is 0.273. The number of carbonyl (C=O) groups excluding carboxylic acids is 2. The van der Waals surface area contributed by atoms with Crippen LogP contribution in [-0.2, 0) is 9.59 Å². The van der Waals surface area contributed by atoms with Crippen LogP contribution in [-0.4, -0.2) is 38.0 Å². The average molecular weight is 399 g/mol. The highest BCUT2D eigenvalue weighted by atomic mass is 19.2. The zero-order chi connectivity index (χ0) is 20.6. The molecular weight excluding hydrogens is 376 g/mol. The van der Waals surface area contributed by atoms with E-state index in [0.29, 0.717) is 25.3 Å². The van der Waals surface area contributed by atoms with Gasteiger partial charge < -0.3 is 15.5 Å². The van der Waals surface area contributed by atoms with Gasteiger partial charge in [-0.3, -0.25) is 9.59 Å². The van der Waals surface area contributed by atoms with Crippen molar-refractivity contribution in [1.82, 2.24) is 10.6 Å². The van der Waals surface area contributed by atoms with Gasteiger partial charge in [-0.2, -0.15) is 0 Å². The highest BCUT2D eigenvalue weighted by Gasteiger charge is 2.23. The van der Waals surface area contributed by atoms with Crippen LogP contribution >= 0.6 is 0 Å². The minimum Gasteiger partial charge on any atom is -0.371 e. The number of rotatable bonds is 7. The van der Waals surface area contributed by atoms with Gasteiger partial charge in [0.15, 0.2) is 11.6 Å². The molecule has 29 heavy (non-hydrogen) atoms. The van der Waals surface area contributed by atoms with Gasteiger partial charge in [0.1, 0.15) is 0 Å². The topological polar surface area (TPSA) is 61.4 Å². The molecule has 1 atom stereocenters. The van der Waals surface area contributed by atoms with Crippen molar-refractivity contribution < 1.29 is 18.4 Å². The van der Waals surface area contributed by atoms with Crippen molar-refractivity contribution in [1.29, 1.82) is 0 Å². The molecule has 5 nitrogen and oxygen atoms in total. The van der Waals surface area contributed by atoms with Gasteiger partial charge >= 0.3 is 0 Å². The van der Waals surface area contributed by atoms with Crippen molar-refractivity contribution in [2.75, 3.05) is 31.1 Å². The van der Waals surface area contributed by atoms with Crippen molar-refractivity contribution in [2.45, 2.75) is 6.42 Å². The molecule has 1 saturated heterocycles. The maximum absolute atomic E-state index is 13.4. The van der Waals surface area contributed by atoms with Crippen molar-refractivity contribution in [3.8, 4) is 0 Å². The summed E-state index contributed by atoms with van der Waals surface area (Å²) in [5.41, 5.74) is 1.54. The normalized spacial score (nSPS) is 16.2. The molecule has 3 rings (SSSR count). The third-order valence-corrected chi connectivity index (χ3v) is 4.79. The van der Waals surface area contributed by atoms with Gasteiger partial charge in [-0.25, -0.2) is 8.78 Å². The second-order valence-corrected chi connectivity index (χ2v) is 6.97. The van der Waals surface area contributed by atoms with Gasteiger partial charge in [-0.1, -0.05) is 30.3 Å². The highest BCUT2D eigenvalue weighted by molar-refractivity contribution is 5.94. The van der Waals surface area contributed by atoms with E-state index in [2.05, 4.69) is 10.6 Å². The largest absolute Gasteiger partial charge is 0.371 e. The monoisotopic (exact) mass is 399 g/mol. The molecule has 152 valence electrons. The molecule has 0 aromatic heterocycles.